The Morgan fingerprint density at radius 1 is 1.29 bits per heavy atom. The molecular formula is C15H29BN2O3. The molecule has 1 atom stereocenters. The van der Waals surface area contributed by atoms with Gasteiger partial charge in [-0.05, 0) is 51.1 Å². The van der Waals surface area contributed by atoms with Crippen molar-refractivity contribution < 1.29 is 15.0 Å². The molecule has 1 saturated heterocycles. The lowest BCUT2D eigenvalue weighted by Gasteiger charge is -2.34. The molecule has 1 aliphatic rings. The molecule has 0 bridgehead atoms. The first kappa shape index (κ1) is 18.5. The SMILES string of the molecule is [B]CCCCC(N)(CCN1CCC(CCO)CC1)C(=O)O. The maximum absolute atomic E-state index is 11.4. The monoisotopic (exact) mass is 296 g/mol. The minimum Gasteiger partial charge on any atom is -0.480 e. The summed E-state index contributed by atoms with van der Waals surface area (Å²) in [6, 6.07) is 0. The van der Waals surface area contributed by atoms with Crippen LogP contribution in [0, 0.1) is 5.92 Å². The molecule has 0 aromatic rings. The third-order valence-corrected chi connectivity index (χ3v) is 4.62. The van der Waals surface area contributed by atoms with E-state index in [2.05, 4.69) is 4.90 Å². The Labute approximate surface area is 129 Å². The van der Waals surface area contributed by atoms with Gasteiger partial charge in [0.25, 0.3) is 0 Å². The van der Waals surface area contributed by atoms with Gasteiger partial charge in [-0.3, -0.25) is 4.79 Å². The summed E-state index contributed by atoms with van der Waals surface area (Å²) in [6.07, 6.45) is 6.17. The molecule has 1 fully saturated rings. The molecule has 0 spiro atoms. The first-order valence-corrected chi connectivity index (χ1v) is 8.07. The summed E-state index contributed by atoms with van der Waals surface area (Å²) in [6.45, 7) is 2.94. The van der Waals surface area contributed by atoms with Crippen LogP contribution in [0.4, 0.5) is 0 Å². The van der Waals surface area contributed by atoms with Crippen LogP contribution < -0.4 is 5.73 Å². The van der Waals surface area contributed by atoms with Crippen molar-refractivity contribution in [2.75, 3.05) is 26.2 Å². The van der Waals surface area contributed by atoms with Crippen molar-refractivity contribution in [3.8, 4) is 0 Å². The molecule has 0 aromatic heterocycles. The normalized spacial score (nSPS) is 20.3. The van der Waals surface area contributed by atoms with Gasteiger partial charge >= 0.3 is 5.97 Å². The van der Waals surface area contributed by atoms with Crippen molar-refractivity contribution >= 4 is 13.8 Å². The Morgan fingerprint density at radius 2 is 1.95 bits per heavy atom. The third kappa shape index (κ3) is 6.37. The second-order valence-corrected chi connectivity index (χ2v) is 6.25. The second kappa shape index (κ2) is 9.44. The van der Waals surface area contributed by atoms with Crippen LogP contribution in [0.1, 0.15) is 44.9 Å². The Morgan fingerprint density at radius 3 is 2.48 bits per heavy atom. The topological polar surface area (TPSA) is 86.8 Å². The number of carboxylic acids is 1. The average molecular weight is 296 g/mol. The lowest BCUT2D eigenvalue weighted by atomic mass is 9.87. The summed E-state index contributed by atoms with van der Waals surface area (Å²) in [5.41, 5.74) is 4.95. The smallest absolute Gasteiger partial charge is 0.323 e. The van der Waals surface area contributed by atoms with E-state index in [-0.39, 0.29) is 6.61 Å². The van der Waals surface area contributed by atoms with E-state index in [1.54, 1.807) is 0 Å². The van der Waals surface area contributed by atoms with Crippen LogP contribution in [0.3, 0.4) is 0 Å². The van der Waals surface area contributed by atoms with Crippen LogP contribution >= 0.6 is 0 Å². The maximum Gasteiger partial charge on any atom is 0.323 e. The van der Waals surface area contributed by atoms with Crippen molar-refractivity contribution in [1.82, 2.24) is 4.90 Å². The molecule has 4 N–H and O–H groups in total. The number of aliphatic carboxylic acids is 1. The number of hydrogen-bond donors (Lipinski definition) is 3. The molecular weight excluding hydrogens is 267 g/mol. The molecule has 5 nitrogen and oxygen atoms in total. The van der Waals surface area contributed by atoms with E-state index in [0.717, 1.165) is 51.7 Å². The van der Waals surface area contributed by atoms with Gasteiger partial charge in [0.05, 0.1) is 7.85 Å². The fourth-order valence-electron chi connectivity index (χ4n) is 2.96. The van der Waals surface area contributed by atoms with Gasteiger partial charge in [0.15, 0.2) is 0 Å². The van der Waals surface area contributed by atoms with Gasteiger partial charge in [-0.25, -0.2) is 0 Å². The second-order valence-electron chi connectivity index (χ2n) is 6.25. The fourth-order valence-corrected chi connectivity index (χ4v) is 2.96. The molecule has 1 aliphatic heterocycles. The summed E-state index contributed by atoms with van der Waals surface area (Å²) in [4.78, 5) is 13.7. The van der Waals surface area contributed by atoms with Gasteiger partial charge in [0.1, 0.15) is 5.54 Å². The van der Waals surface area contributed by atoms with Gasteiger partial charge in [0.2, 0.25) is 0 Å². The van der Waals surface area contributed by atoms with E-state index in [9.17, 15) is 9.90 Å². The zero-order valence-corrected chi connectivity index (χ0v) is 13.0. The summed E-state index contributed by atoms with van der Waals surface area (Å²) in [7, 11) is 5.45. The number of unbranched alkanes of at least 4 members (excludes halogenated alkanes) is 1. The Hall–Kier alpha value is -0.585. The molecule has 6 heteroatoms. The van der Waals surface area contributed by atoms with Crippen molar-refractivity contribution in [2.24, 2.45) is 11.7 Å². The predicted octanol–water partition coefficient (Wildman–Crippen LogP) is 1.01. The van der Waals surface area contributed by atoms with E-state index in [1.807, 2.05) is 0 Å². The molecule has 1 rings (SSSR count). The van der Waals surface area contributed by atoms with Gasteiger partial charge in [-0.15, -0.1) is 0 Å². The van der Waals surface area contributed by atoms with Crippen LogP contribution in [0.15, 0.2) is 0 Å². The summed E-state index contributed by atoms with van der Waals surface area (Å²) < 4.78 is 0. The van der Waals surface area contributed by atoms with E-state index in [0.29, 0.717) is 25.1 Å². The van der Waals surface area contributed by atoms with E-state index in [4.69, 9.17) is 18.7 Å². The number of hydrogen-bond acceptors (Lipinski definition) is 4. The van der Waals surface area contributed by atoms with E-state index in [1.165, 1.54) is 0 Å². The number of piperidine rings is 1. The quantitative estimate of drug-likeness (QED) is 0.414. The number of likely N-dealkylation sites (tertiary alicyclic amines) is 1. The lowest BCUT2D eigenvalue weighted by Crippen LogP contribution is -2.50. The number of rotatable bonds is 10. The molecule has 2 radical (unpaired) electrons. The molecule has 21 heavy (non-hydrogen) atoms. The molecule has 1 heterocycles. The van der Waals surface area contributed by atoms with Crippen LogP contribution in [0.25, 0.3) is 0 Å². The van der Waals surface area contributed by atoms with E-state index < -0.39 is 11.5 Å². The van der Waals surface area contributed by atoms with Crippen LogP contribution in [-0.4, -0.2) is 60.7 Å². The molecule has 1 unspecified atom stereocenters. The first-order chi connectivity index (χ1) is 10.0. The highest BCUT2D eigenvalue weighted by Crippen LogP contribution is 2.22. The Bertz CT molecular complexity index is 309. The summed E-state index contributed by atoms with van der Waals surface area (Å²) in [5.74, 6) is -0.299. The average Bonchev–Trinajstić information content (AvgIpc) is 2.47. The molecule has 0 aromatic carbocycles. The summed E-state index contributed by atoms with van der Waals surface area (Å²) in [5, 5.41) is 18.3. The van der Waals surface area contributed by atoms with Crippen molar-refractivity contribution in [2.45, 2.75) is 56.8 Å². The first-order valence-electron chi connectivity index (χ1n) is 8.07. The van der Waals surface area contributed by atoms with E-state index >= 15 is 0 Å². The highest BCUT2D eigenvalue weighted by molar-refractivity contribution is 6.08. The molecule has 0 aliphatic carbocycles. The zero-order chi connectivity index (χ0) is 15.7. The zero-order valence-electron chi connectivity index (χ0n) is 13.0. The van der Waals surface area contributed by atoms with Gasteiger partial charge in [-0.1, -0.05) is 19.2 Å². The third-order valence-electron chi connectivity index (χ3n) is 4.62. The maximum atomic E-state index is 11.4. The van der Waals surface area contributed by atoms with Crippen LogP contribution in [-0.2, 0) is 4.79 Å². The number of aliphatic hydroxyl groups excluding tert-OH is 1. The van der Waals surface area contributed by atoms with Gasteiger partial charge in [0, 0.05) is 13.2 Å². The molecule has 0 amide bonds. The van der Waals surface area contributed by atoms with Crippen molar-refractivity contribution in [3.05, 3.63) is 0 Å². The Balaban J connectivity index is 2.35. The minimum atomic E-state index is -1.13. The van der Waals surface area contributed by atoms with Crippen molar-refractivity contribution in [3.63, 3.8) is 0 Å². The summed E-state index contributed by atoms with van der Waals surface area (Å²) >= 11 is 0. The highest BCUT2D eigenvalue weighted by atomic mass is 16.4. The number of nitrogens with two attached hydrogens (primary N) is 1. The lowest BCUT2D eigenvalue weighted by molar-refractivity contribution is -0.144. The van der Waals surface area contributed by atoms with Crippen molar-refractivity contribution in [1.29, 1.82) is 0 Å². The van der Waals surface area contributed by atoms with Crippen LogP contribution in [0.5, 0.6) is 0 Å². The Kier molecular flexibility index (Phi) is 8.30. The minimum absolute atomic E-state index is 0.261. The molecule has 0 saturated carbocycles. The largest absolute Gasteiger partial charge is 0.480 e. The number of aliphatic hydroxyl groups is 1. The molecule has 120 valence electrons. The number of carboxylic acid groups (broad SMARTS) is 1. The van der Waals surface area contributed by atoms with Gasteiger partial charge in [-0.2, -0.15) is 0 Å². The number of carbonyl (C=O) groups is 1. The number of nitrogens with zero attached hydrogens (tertiary/aromatic N) is 1. The highest BCUT2D eigenvalue weighted by Gasteiger charge is 2.33. The standard InChI is InChI=1S/C15H29BN2O3/c16-8-2-1-6-15(17,14(20)21)7-11-18-9-3-13(4-10-18)5-12-19/h13,19H,1-12,17H2,(H,20,21). The van der Waals surface area contributed by atoms with Gasteiger partial charge < -0.3 is 20.8 Å². The van der Waals surface area contributed by atoms with Crippen LogP contribution in [0.2, 0.25) is 6.32 Å². The fraction of sp³-hybridized carbons (Fsp3) is 0.933. The predicted molar refractivity (Wildman–Crippen MR) is 84.5 cm³/mol.